The standard InChI is InChI=1S/C22H28O2S2/c23-22(24)14-8-7-13-21(26-18-20-11-5-2-6-12-20)15-16-25-17-19-9-3-1-4-10-19/h1-6,9-12,21H,7-8,13-18H2,(H,23,24)/i7D2,8D2. The monoisotopic (exact) mass is 392 g/mol. The van der Waals surface area contributed by atoms with Gasteiger partial charge in [-0.15, -0.1) is 0 Å². The molecule has 0 saturated heterocycles. The van der Waals surface area contributed by atoms with Crippen LogP contribution in [-0.2, 0) is 16.3 Å². The van der Waals surface area contributed by atoms with Gasteiger partial charge in [-0.2, -0.15) is 23.5 Å². The zero-order valence-corrected chi connectivity index (χ0v) is 16.4. The molecule has 0 spiro atoms. The van der Waals surface area contributed by atoms with Gasteiger partial charge in [0.1, 0.15) is 0 Å². The predicted molar refractivity (Wildman–Crippen MR) is 115 cm³/mol. The lowest BCUT2D eigenvalue weighted by Gasteiger charge is -2.16. The molecule has 0 bridgehead atoms. The van der Waals surface area contributed by atoms with Gasteiger partial charge in [0.05, 0.1) is 0 Å². The number of hydrogen-bond donors (Lipinski definition) is 1. The number of carboxylic acids is 1. The van der Waals surface area contributed by atoms with Gasteiger partial charge in [-0.3, -0.25) is 4.79 Å². The Bertz CT molecular complexity index is 773. The Hall–Kier alpha value is -1.39. The van der Waals surface area contributed by atoms with Gasteiger partial charge in [0.15, 0.2) is 0 Å². The molecule has 0 saturated carbocycles. The van der Waals surface area contributed by atoms with Crippen LogP contribution in [0.15, 0.2) is 60.7 Å². The summed E-state index contributed by atoms with van der Waals surface area (Å²) in [5.74, 6) is 1.10. The Morgan fingerprint density at radius 2 is 1.54 bits per heavy atom. The van der Waals surface area contributed by atoms with Gasteiger partial charge in [0, 0.05) is 28.7 Å². The Kier molecular flexibility index (Phi) is 7.75. The minimum absolute atomic E-state index is 0.0172. The predicted octanol–water partition coefficient (Wildman–Crippen LogP) is 6.26. The van der Waals surface area contributed by atoms with E-state index >= 15 is 0 Å². The van der Waals surface area contributed by atoms with E-state index < -0.39 is 25.1 Å². The average molecular weight is 393 g/mol. The molecule has 2 aromatic carbocycles. The molecule has 140 valence electrons. The van der Waals surface area contributed by atoms with Crippen molar-refractivity contribution in [2.75, 3.05) is 5.75 Å². The van der Waals surface area contributed by atoms with Crippen LogP contribution < -0.4 is 0 Å². The maximum absolute atomic E-state index is 11.0. The molecule has 0 aliphatic rings. The van der Waals surface area contributed by atoms with Gasteiger partial charge in [0.2, 0.25) is 0 Å². The number of hydrogen-bond acceptors (Lipinski definition) is 3. The van der Waals surface area contributed by atoms with Crippen LogP contribution in [0, 0.1) is 0 Å². The fourth-order valence-electron chi connectivity index (χ4n) is 2.34. The van der Waals surface area contributed by atoms with Crippen LogP contribution >= 0.6 is 23.5 Å². The van der Waals surface area contributed by atoms with Crippen LogP contribution in [0.1, 0.15) is 48.6 Å². The zero-order chi connectivity index (χ0) is 22.0. The molecule has 0 aromatic heterocycles. The van der Waals surface area contributed by atoms with E-state index in [2.05, 4.69) is 12.1 Å². The first-order valence-electron chi connectivity index (χ1n) is 10.7. The fourth-order valence-corrected chi connectivity index (χ4v) is 4.61. The Balaban J connectivity index is 1.97. The third-order valence-electron chi connectivity index (χ3n) is 3.72. The summed E-state index contributed by atoms with van der Waals surface area (Å²) < 4.78 is 32.5. The third kappa shape index (κ3) is 9.35. The second-order valence-electron chi connectivity index (χ2n) is 5.87. The molecule has 0 aliphatic carbocycles. The molecule has 1 N–H and O–H groups in total. The van der Waals surface area contributed by atoms with Crippen molar-refractivity contribution < 1.29 is 15.4 Å². The largest absolute Gasteiger partial charge is 0.481 e. The Morgan fingerprint density at radius 1 is 0.923 bits per heavy atom. The number of aliphatic carboxylic acids is 1. The molecule has 2 aromatic rings. The van der Waals surface area contributed by atoms with Crippen LogP contribution in [-0.4, -0.2) is 22.1 Å². The summed E-state index contributed by atoms with van der Waals surface area (Å²) in [6.07, 6.45) is -4.75. The second kappa shape index (κ2) is 12.9. The second-order valence-corrected chi connectivity index (χ2v) is 8.27. The molecule has 26 heavy (non-hydrogen) atoms. The SMILES string of the molecule is [2H]C([2H])(CC(=O)O)C([2H])([2H])CC(CCSCc1ccccc1)SCc1ccccc1. The number of carboxylic acid groups (broad SMARTS) is 1. The normalized spacial score (nSPS) is 15.4. The van der Waals surface area contributed by atoms with Crippen molar-refractivity contribution in [2.45, 2.75) is 48.8 Å². The summed E-state index contributed by atoms with van der Waals surface area (Å²) in [5, 5.41) is 8.86. The summed E-state index contributed by atoms with van der Waals surface area (Å²) in [4.78, 5) is 11.0. The Labute approximate surface area is 171 Å². The van der Waals surface area contributed by atoms with Crippen LogP contribution in [0.5, 0.6) is 0 Å². The molecule has 1 unspecified atom stereocenters. The summed E-state index contributed by atoms with van der Waals surface area (Å²) in [7, 11) is 0. The first kappa shape index (κ1) is 15.6. The molecule has 0 fully saturated rings. The summed E-state index contributed by atoms with van der Waals surface area (Å²) in [6, 6.07) is 20.1. The summed E-state index contributed by atoms with van der Waals surface area (Å²) in [5.41, 5.74) is 2.38. The van der Waals surface area contributed by atoms with Crippen molar-refractivity contribution in [2.24, 2.45) is 0 Å². The third-order valence-corrected chi connectivity index (χ3v) is 6.15. The number of carbonyl (C=O) groups is 1. The van der Waals surface area contributed by atoms with Crippen LogP contribution in [0.2, 0.25) is 0 Å². The van der Waals surface area contributed by atoms with Gasteiger partial charge in [-0.25, -0.2) is 0 Å². The molecular formula is C22H28O2S2. The molecular weight excluding hydrogens is 360 g/mol. The highest BCUT2D eigenvalue weighted by molar-refractivity contribution is 7.99. The van der Waals surface area contributed by atoms with Crippen molar-refractivity contribution in [1.82, 2.24) is 0 Å². The molecule has 1 atom stereocenters. The molecule has 4 heteroatoms. The summed E-state index contributed by atoms with van der Waals surface area (Å²) >= 11 is 3.39. The first-order chi connectivity index (χ1) is 14.2. The van der Waals surface area contributed by atoms with Crippen molar-refractivity contribution in [1.29, 1.82) is 0 Å². The zero-order valence-electron chi connectivity index (χ0n) is 18.8. The molecule has 0 radical (unpaired) electrons. The molecule has 2 nitrogen and oxygen atoms in total. The minimum Gasteiger partial charge on any atom is -0.481 e. The number of benzene rings is 2. The van der Waals surface area contributed by atoms with Gasteiger partial charge in [0.25, 0.3) is 0 Å². The van der Waals surface area contributed by atoms with E-state index in [1.807, 2.05) is 48.5 Å². The van der Waals surface area contributed by atoms with E-state index in [-0.39, 0.29) is 11.7 Å². The summed E-state index contributed by atoms with van der Waals surface area (Å²) in [6.45, 7) is 0. The van der Waals surface area contributed by atoms with Gasteiger partial charge < -0.3 is 5.11 Å². The van der Waals surface area contributed by atoms with E-state index in [1.165, 1.54) is 5.56 Å². The number of rotatable bonds is 13. The average Bonchev–Trinajstić information content (AvgIpc) is 2.69. The van der Waals surface area contributed by atoms with E-state index in [0.717, 1.165) is 23.5 Å². The maximum atomic E-state index is 11.0. The smallest absolute Gasteiger partial charge is 0.303 e. The van der Waals surface area contributed by atoms with Crippen molar-refractivity contribution in [3.63, 3.8) is 0 Å². The van der Waals surface area contributed by atoms with E-state index in [0.29, 0.717) is 5.75 Å². The van der Waals surface area contributed by atoms with Crippen LogP contribution in [0.3, 0.4) is 0 Å². The van der Waals surface area contributed by atoms with Crippen LogP contribution in [0.25, 0.3) is 0 Å². The maximum Gasteiger partial charge on any atom is 0.303 e. The minimum atomic E-state index is -2.42. The lowest BCUT2D eigenvalue weighted by atomic mass is 10.1. The van der Waals surface area contributed by atoms with Gasteiger partial charge >= 0.3 is 5.97 Å². The quantitative estimate of drug-likeness (QED) is 0.408. The lowest BCUT2D eigenvalue weighted by Crippen LogP contribution is -2.06. The van der Waals surface area contributed by atoms with E-state index in [9.17, 15) is 4.79 Å². The number of thioether (sulfide) groups is 2. The van der Waals surface area contributed by atoms with Crippen molar-refractivity contribution >= 4 is 29.5 Å². The van der Waals surface area contributed by atoms with Crippen molar-refractivity contribution in [3.8, 4) is 0 Å². The molecule has 2 rings (SSSR count). The van der Waals surface area contributed by atoms with Gasteiger partial charge in [-0.05, 0) is 36.1 Å². The highest BCUT2D eigenvalue weighted by Crippen LogP contribution is 2.27. The van der Waals surface area contributed by atoms with E-state index in [4.69, 9.17) is 10.6 Å². The van der Waals surface area contributed by atoms with Crippen molar-refractivity contribution in [3.05, 3.63) is 71.8 Å². The van der Waals surface area contributed by atoms with Gasteiger partial charge in [-0.1, -0.05) is 67.0 Å². The van der Waals surface area contributed by atoms with E-state index in [1.54, 1.807) is 23.5 Å². The lowest BCUT2D eigenvalue weighted by molar-refractivity contribution is -0.137. The fraction of sp³-hybridized carbons (Fsp3) is 0.409. The highest BCUT2D eigenvalue weighted by Gasteiger charge is 2.10. The molecule has 0 heterocycles. The highest BCUT2D eigenvalue weighted by atomic mass is 32.2. The molecule has 0 aliphatic heterocycles. The van der Waals surface area contributed by atoms with Crippen LogP contribution in [0.4, 0.5) is 0 Å². The molecule has 0 amide bonds. The topological polar surface area (TPSA) is 37.3 Å². The first-order valence-corrected chi connectivity index (χ1v) is 10.9. The Morgan fingerprint density at radius 3 is 2.15 bits per heavy atom.